The van der Waals surface area contributed by atoms with Crippen LogP contribution in [0.15, 0.2) is 12.1 Å². The number of hydrogen-bond acceptors (Lipinski definition) is 7. The molecule has 1 saturated heterocycles. The number of nitrogens with one attached hydrogen (secondary N) is 2. The molecule has 0 atom stereocenters. The number of carbonyl (C=O) groups excluding carboxylic acids is 3. The van der Waals surface area contributed by atoms with Gasteiger partial charge in [0.05, 0.1) is 46.4 Å². The van der Waals surface area contributed by atoms with Gasteiger partial charge in [0, 0.05) is 18.5 Å². The molecule has 1 fully saturated rings. The van der Waals surface area contributed by atoms with Crippen molar-refractivity contribution in [3.8, 4) is 17.2 Å². The maximum Gasteiger partial charge on any atom is 0.308 e. The van der Waals surface area contributed by atoms with E-state index in [1.54, 1.807) is 17.0 Å². The Kier molecular flexibility index (Phi) is 6.88. The van der Waals surface area contributed by atoms with E-state index in [1.807, 2.05) is 0 Å². The first-order chi connectivity index (χ1) is 14.9. The number of benzene rings is 1. The summed E-state index contributed by atoms with van der Waals surface area (Å²) in [5, 5.41) is 3.34. The maximum atomic E-state index is 12.6. The summed E-state index contributed by atoms with van der Waals surface area (Å²) in [5.74, 6) is 0.255. The summed E-state index contributed by atoms with van der Waals surface area (Å²) in [6.45, 7) is 0.774. The van der Waals surface area contributed by atoms with Gasteiger partial charge < -0.3 is 34.1 Å². The molecular weight excluding hydrogens is 406 g/mol. The number of carbonyl (C=O) groups is 3. The first kappa shape index (κ1) is 22.3. The first-order valence-electron chi connectivity index (χ1n) is 9.88. The summed E-state index contributed by atoms with van der Waals surface area (Å²) < 4.78 is 20.9. The summed E-state index contributed by atoms with van der Waals surface area (Å²) in [6.07, 6.45) is 1.11. The molecule has 0 bridgehead atoms. The molecule has 2 heterocycles. The van der Waals surface area contributed by atoms with E-state index in [0.29, 0.717) is 54.1 Å². The lowest BCUT2D eigenvalue weighted by Crippen LogP contribution is -2.45. The first-order valence-corrected chi connectivity index (χ1v) is 9.88. The van der Waals surface area contributed by atoms with Crippen LogP contribution in [0.4, 0.5) is 0 Å². The second kappa shape index (κ2) is 9.59. The molecule has 10 heteroatoms. The van der Waals surface area contributed by atoms with Crippen molar-refractivity contribution in [1.82, 2.24) is 15.2 Å². The van der Waals surface area contributed by atoms with Gasteiger partial charge in [-0.25, -0.2) is 0 Å². The Morgan fingerprint density at radius 2 is 1.71 bits per heavy atom. The van der Waals surface area contributed by atoms with Gasteiger partial charge in [-0.3, -0.25) is 14.4 Å². The van der Waals surface area contributed by atoms with Crippen LogP contribution in [0.1, 0.15) is 23.3 Å². The number of aromatic nitrogens is 1. The van der Waals surface area contributed by atoms with Gasteiger partial charge in [0.25, 0.3) is 5.91 Å². The quantitative estimate of drug-likeness (QED) is 0.633. The van der Waals surface area contributed by atoms with Gasteiger partial charge >= 0.3 is 5.97 Å². The Labute approximate surface area is 179 Å². The minimum atomic E-state index is -0.422. The number of likely N-dealkylation sites (tertiary alicyclic amines) is 1. The standard InChI is InChI=1S/C21H27N3O7/c1-28-15-10-13-9-14(23-17(13)19(30-3)18(15)29-2)20(26)22-11-16(25)24-7-5-12(6-8-24)21(27)31-4/h9-10,12,23H,5-8,11H2,1-4H3,(H,22,26). The lowest BCUT2D eigenvalue weighted by atomic mass is 9.97. The lowest BCUT2D eigenvalue weighted by Gasteiger charge is -2.30. The topological polar surface area (TPSA) is 119 Å². The van der Waals surface area contributed by atoms with Crippen molar-refractivity contribution in [2.75, 3.05) is 48.1 Å². The number of piperidine rings is 1. The third kappa shape index (κ3) is 4.52. The van der Waals surface area contributed by atoms with Crippen molar-refractivity contribution in [3.05, 3.63) is 17.8 Å². The highest BCUT2D eigenvalue weighted by Gasteiger charge is 2.28. The average molecular weight is 433 g/mol. The van der Waals surface area contributed by atoms with Gasteiger partial charge in [-0.05, 0) is 25.0 Å². The van der Waals surface area contributed by atoms with Crippen molar-refractivity contribution < 1.29 is 33.3 Å². The van der Waals surface area contributed by atoms with Crippen molar-refractivity contribution in [3.63, 3.8) is 0 Å². The highest BCUT2D eigenvalue weighted by atomic mass is 16.5. The molecule has 2 N–H and O–H groups in total. The molecule has 1 aliphatic heterocycles. The van der Waals surface area contributed by atoms with Crippen LogP contribution in [0.25, 0.3) is 10.9 Å². The monoisotopic (exact) mass is 433 g/mol. The zero-order valence-corrected chi connectivity index (χ0v) is 18.1. The van der Waals surface area contributed by atoms with Crippen molar-refractivity contribution in [2.24, 2.45) is 5.92 Å². The zero-order chi connectivity index (χ0) is 22.5. The van der Waals surface area contributed by atoms with Crippen LogP contribution in [0.5, 0.6) is 17.2 Å². The smallest absolute Gasteiger partial charge is 0.308 e. The van der Waals surface area contributed by atoms with E-state index in [0.717, 1.165) is 0 Å². The van der Waals surface area contributed by atoms with Crippen LogP contribution in [0.3, 0.4) is 0 Å². The Balaban J connectivity index is 1.66. The molecule has 1 aliphatic rings. The number of H-pyrrole nitrogens is 1. The fraction of sp³-hybridized carbons (Fsp3) is 0.476. The summed E-state index contributed by atoms with van der Waals surface area (Å²) in [5.41, 5.74) is 0.863. The predicted molar refractivity (Wildman–Crippen MR) is 112 cm³/mol. The van der Waals surface area contributed by atoms with Gasteiger partial charge in [-0.2, -0.15) is 0 Å². The van der Waals surface area contributed by atoms with Gasteiger partial charge in [0.1, 0.15) is 5.69 Å². The van der Waals surface area contributed by atoms with Gasteiger partial charge in [0.2, 0.25) is 11.7 Å². The summed E-state index contributed by atoms with van der Waals surface area (Å²) in [7, 11) is 5.88. The molecule has 0 radical (unpaired) electrons. The van der Waals surface area contributed by atoms with Gasteiger partial charge in [0.15, 0.2) is 11.5 Å². The maximum absolute atomic E-state index is 12.6. The molecule has 2 amide bonds. The van der Waals surface area contributed by atoms with E-state index in [4.69, 9.17) is 18.9 Å². The van der Waals surface area contributed by atoms with Crippen LogP contribution < -0.4 is 19.5 Å². The van der Waals surface area contributed by atoms with E-state index in [1.165, 1.54) is 28.4 Å². The Morgan fingerprint density at radius 1 is 1.03 bits per heavy atom. The number of methoxy groups -OCH3 is 4. The fourth-order valence-electron chi connectivity index (χ4n) is 3.76. The molecule has 31 heavy (non-hydrogen) atoms. The number of esters is 1. The zero-order valence-electron chi connectivity index (χ0n) is 18.1. The van der Waals surface area contributed by atoms with Crippen LogP contribution in [-0.4, -0.2) is 75.7 Å². The molecule has 0 unspecified atom stereocenters. The van der Waals surface area contributed by atoms with Gasteiger partial charge in [-0.15, -0.1) is 0 Å². The number of nitrogens with zero attached hydrogens (tertiary/aromatic N) is 1. The molecule has 0 aliphatic carbocycles. The van der Waals surface area contributed by atoms with Crippen LogP contribution in [0, 0.1) is 5.92 Å². The molecule has 0 saturated carbocycles. The number of amides is 2. The summed E-state index contributed by atoms with van der Waals surface area (Å²) in [4.78, 5) is 41.3. The van der Waals surface area contributed by atoms with E-state index >= 15 is 0 Å². The fourth-order valence-corrected chi connectivity index (χ4v) is 3.76. The highest BCUT2D eigenvalue weighted by molar-refractivity contribution is 6.01. The summed E-state index contributed by atoms with van der Waals surface area (Å²) in [6, 6.07) is 3.39. The van der Waals surface area contributed by atoms with Crippen molar-refractivity contribution in [2.45, 2.75) is 12.8 Å². The van der Waals surface area contributed by atoms with Crippen LogP contribution in [-0.2, 0) is 14.3 Å². The Bertz CT molecular complexity index is 977. The molecule has 1 aromatic heterocycles. The minimum Gasteiger partial charge on any atom is -0.493 e. The number of fused-ring (bicyclic) bond motifs is 1. The van der Waals surface area contributed by atoms with Gasteiger partial charge in [-0.1, -0.05) is 0 Å². The second-order valence-electron chi connectivity index (χ2n) is 7.15. The predicted octanol–water partition coefficient (Wildman–Crippen LogP) is 1.34. The van der Waals surface area contributed by atoms with E-state index in [2.05, 4.69) is 10.3 Å². The van der Waals surface area contributed by atoms with Crippen molar-refractivity contribution >= 4 is 28.7 Å². The van der Waals surface area contributed by atoms with E-state index < -0.39 is 5.91 Å². The molecule has 0 spiro atoms. The molecule has 10 nitrogen and oxygen atoms in total. The van der Waals surface area contributed by atoms with Crippen molar-refractivity contribution in [1.29, 1.82) is 0 Å². The summed E-state index contributed by atoms with van der Waals surface area (Å²) >= 11 is 0. The molecule has 3 rings (SSSR count). The van der Waals surface area contributed by atoms with E-state index in [-0.39, 0.29) is 30.0 Å². The lowest BCUT2D eigenvalue weighted by molar-refractivity contribution is -0.148. The highest BCUT2D eigenvalue weighted by Crippen LogP contribution is 2.43. The number of ether oxygens (including phenoxy) is 4. The van der Waals surface area contributed by atoms with E-state index in [9.17, 15) is 14.4 Å². The molecular formula is C21H27N3O7. The normalized spacial score (nSPS) is 14.3. The largest absolute Gasteiger partial charge is 0.493 e. The third-order valence-electron chi connectivity index (χ3n) is 5.45. The average Bonchev–Trinajstić information content (AvgIpc) is 3.24. The third-order valence-corrected chi connectivity index (χ3v) is 5.45. The SMILES string of the molecule is COC(=O)C1CCN(C(=O)CNC(=O)c2cc3cc(OC)c(OC)c(OC)c3[nH]2)CC1. The number of rotatable bonds is 7. The second-order valence-corrected chi connectivity index (χ2v) is 7.15. The molecule has 168 valence electrons. The van der Waals surface area contributed by atoms with Crippen LogP contribution >= 0.6 is 0 Å². The molecule has 1 aromatic carbocycles. The number of aromatic amines is 1. The minimum absolute atomic E-state index is 0.138. The molecule has 2 aromatic rings. The van der Waals surface area contributed by atoms with Crippen LogP contribution in [0.2, 0.25) is 0 Å². The Morgan fingerprint density at radius 3 is 2.29 bits per heavy atom. The number of hydrogen-bond donors (Lipinski definition) is 2. The Hall–Kier alpha value is -3.43.